The Bertz CT molecular complexity index is 1090. The van der Waals surface area contributed by atoms with Crippen molar-refractivity contribution in [2.45, 2.75) is 32.7 Å². The molecule has 3 N–H and O–H groups in total. The number of nitrogens with one attached hydrogen (secondary N) is 3. The Morgan fingerprint density at radius 2 is 1.66 bits per heavy atom. The molecule has 7 nitrogen and oxygen atoms in total. The minimum absolute atomic E-state index is 0.0228. The van der Waals surface area contributed by atoms with Crippen molar-refractivity contribution in [3.63, 3.8) is 0 Å². The number of carbonyl (C=O) groups is 3. The van der Waals surface area contributed by atoms with Gasteiger partial charge in [0.2, 0.25) is 11.8 Å². The maximum atomic E-state index is 12.3. The van der Waals surface area contributed by atoms with Gasteiger partial charge in [-0.2, -0.15) is 0 Å². The molecule has 2 aromatic carbocycles. The van der Waals surface area contributed by atoms with Gasteiger partial charge in [-0.05, 0) is 69.9 Å². The number of furan rings is 1. The fourth-order valence-corrected chi connectivity index (χ4v) is 3.30. The highest BCUT2D eigenvalue weighted by Gasteiger charge is 2.11. The minimum atomic E-state index is -0.352. The molecule has 32 heavy (non-hydrogen) atoms. The number of benzene rings is 2. The fraction of sp³-hybridized carbons (Fsp3) is 0.208. The molecule has 1 heterocycles. The number of amides is 3. The minimum Gasteiger partial charge on any atom is -0.444 e. The van der Waals surface area contributed by atoms with Crippen molar-refractivity contribution in [2.75, 3.05) is 10.6 Å². The Kier molecular flexibility index (Phi) is 8.21. The second-order valence-electron chi connectivity index (χ2n) is 7.21. The number of anilines is 2. The molecule has 0 radical (unpaired) electrons. The lowest BCUT2D eigenvalue weighted by Crippen LogP contribution is -2.24. The van der Waals surface area contributed by atoms with Crippen LogP contribution in [0.1, 0.15) is 41.4 Å². The molecule has 8 heteroatoms. The van der Waals surface area contributed by atoms with E-state index in [1.54, 1.807) is 36.4 Å². The second kappa shape index (κ2) is 11.3. The van der Waals surface area contributed by atoms with Gasteiger partial charge in [-0.15, -0.1) is 0 Å². The summed E-state index contributed by atoms with van der Waals surface area (Å²) < 4.78 is 5.71. The van der Waals surface area contributed by atoms with Gasteiger partial charge >= 0.3 is 0 Å². The second-order valence-corrected chi connectivity index (χ2v) is 7.99. The largest absolute Gasteiger partial charge is 0.444 e. The number of hydrogen-bond donors (Lipinski definition) is 3. The first-order valence-corrected chi connectivity index (χ1v) is 11.0. The highest BCUT2D eigenvalue weighted by atomic mass is 79.9. The van der Waals surface area contributed by atoms with E-state index >= 15 is 0 Å². The monoisotopic (exact) mass is 497 g/mol. The van der Waals surface area contributed by atoms with Crippen molar-refractivity contribution in [3.05, 3.63) is 82.2 Å². The molecular formula is C24H24BrN3O4. The van der Waals surface area contributed by atoms with Crippen molar-refractivity contribution in [3.8, 4) is 0 Å². The van der Waals surface area contributed by atoms with Gasteiger partial charge in [0, 0.05) is 24.3 Å². The van der Waals surface area contributed by atoms with Gasteiger partial charge in [-0.1, -0.05) is 31.2 Å². The van der Waals surface area contributed by atoms with E-state index in [-0.39, 0.29) is 29.9 Å². The summed E-state index contributed by atoms with van der Waals surface area (Å²) in [4.78, 5) is 36.2. The van der Waals surface area contributed by atoms with Gasteiger partial charge in [-0.25, -0.2) is 0 Å². The Hall–Kier alpha value is -3.39. The maximum absolute atomic E-state index is 12.3. The van der Waals surface area contributed by atoms with Gasteiger partial charge in [0.1, 0.15) is 0 Å². The number of carbonyl (C=O) groups excluding carboxylic acids is 3. The maximum Gasteiger partial charge on any atom is 0.291 e. The molecule has 0 aliphatic carbocycles. The third-order valence-electron chi connectivity index (χ3n) is 4.55. The standard InChI is InChI=1S/C24H24BrN3O4/c1-2-4-22(29)27-19-6-3-5-17(13-19)15-26-23(30)14-16-7-9-18(10-8-16)28-24(31)20-11-12-21(25)32-20/h3,5-13H,2,4,14-15H2,1H3,(H,26,30)(H,27,29)(H,28,31). The number of hydrogen-bond acceptors (Lipinski definition) is 4. The zero-order valence-electron chi connectivity index (χ0n) is 17.6. The Morgan fingerprint density at radius 3 is 2.34 bits per heavy atom. The van der Waals surface area contributed by atoms with Gasteiger partial charge in [0.15, 0.2) is 10.4 Å². The van der Waals surface area contributed by atoms with E-state index in [2.05, 4.69) is 31.9 Å². The molecule has 0 bridgehead atoms. The first-order valence-electron chi connectivity index (χ1n) is 10.2. The van der Waals surface area contributed by atoms with Gasteiger partial charge in [0.05, 0.1) is 6.42 Å². The topological polar surface area (TPSA) is 100 Å². The van der Waals surface area contributed by atoms with Crippen LogP contribution in [0.2, 0.25) is 0 Å². The van der Waals surface area contributed by atoms with Crippen LogP contribution in [-0.4, -0.2) is 17.7 Å². The summed E-state index contributed by atoms with van der Waals surface area (Å²) in [6.45, 7) is 2.32. The molecule has 3 aromatic rings. The summed E-state index contributed by atoms with van der Waals surface area (Å²) in [5, 5.41) is 8.48. The summed E-state index contributed by atoms with van der Waals surface area (Å²) in [6.07, 6.45) is 1.48. The van der Waals surface area contributed by atoms with Crippen LogP contribution in [-0.2, 0) is 22.6 Å². The zero-order chi connectivity index (χ0) is 22.9. The number of rotatable bonds is 9. The van der Waals surface area contributed by atoms with Crippen LogP contribution in [0.4, 0.5) is 11.4 Å². The predicted octanol–water partition coefficient (Wildman–Crippen LogP) is 4.89. The van der Waals surface area contributed by atoms with Crippen LogP contribution in [0.3, 0.4) is 0 Å². The molecule has 0 saturated carbocycles. The normalized spacial score (nSPS) is 10.4. The molecule has 3 amide bonds. The summed E-state index contributed by atoms with van der Waals surface area (Å²) in [7, 11) is 0. The lowest BCUT2D eigenvalue weighted by atomic mass is 10.1. The Balaban J connectivity index is 1.48. The van der Waals surface area contributed by atoms with Gasteiger partial charge < -0.3 is 20.4 Å². The lowest BCUT2D eigenvalue weighted by Gasteiger charge is -2.09. The first-order chi connectivity index (χ1) is 15.4. The van der Waals surface area contributed by atoms with E-state index in [0.29, 0.717) is 23.3 Å². The highest BCUT2D eigenvalue weighted by molar-refractivity contribution is 9.10. The molecule has 0 fully saturated rings. The SMILES string of the molecule is CCCC(=O)Nc1cccc(CNC(=O)Cc2ccc(NC(=O)c3ccc(Br)o3)cc2)c1. The van der Waals surface area contributed by atoms with Crippen molar-refractivity contribution >= 4 is 45.0 Å². The molecule has 166 valence electrons. The van der Waals surface area contributed by atoms with Crippen molar-refractivity contribution in [1.29, 1.82) is 0 Å². The van der Waals surface area contributed by atoms with E-state index in [1.807, 2.05) is 31.2 Å². The summed E-state index contributed by atoms with van der Waals surface area (Å²) in [5.41, 5.74) is 3.04. The predicted molar refractivity (Wildman–Crippen MR) is 126 cm³/mol. The van der Waals surface area contributed by atoms with E-state index in [4.69, 9.17) is 4.42 Å². The third-order valence-corrected chi connectivity index (χ3v) is 4.98. The summed E-state index contributed by atoms with van der Waals surface area (Å²) >= 11 is 3.16. The fourth-order valence-electron chi connectivity index (χ4n) is 2.99. The average Bonchev–Trinajstić information content (AvgIpc) is 3.21. The molecule has 0 unspecified atom stereocenters. The first kappa shape index (κ1) is 23.3. The van der Waals surface area contributed by atoms with E-state index < -0.39 is 0 Å². The van der Waals surface area contributed by atoms with E-state index in [9.17, 15) is 14.4 Å². The summed E-state index contributed by atoms with van der Waals surface area (Å²) in [6, 6.07) is 17.7. The average molecular weight is 498 g/mol. The Labute approximate surface area is 194 Å². The Morgan fingerprint density at radius 1 is 0.875 bits per heavy atom. The van der Waals surface area contributed by atoms with Crippen molar-refractivity contribution < 1.29 is 18.8 Å². The van der Waals surface area contributed by atoms with Crippen molar-refractivity contribution in [1.82, 2.24) is 5.32 Å². The smallest absolute Gasteiger partial charge is 0.291 e. The lowest BCUT2D eigenvalue weighted by molar-refractivity contribution is -0.120. The van der Waals surface area contributed by atoms with Crippen LogP contribution < -0.4 is 16.0 Å². The van der Waals surface area contributed by atoms with Gasteiger partial charge in [-0.3, -0.25) is 14.4 Å². The van der Waals surface area contributed by atoms with E-state index in [0.717, 1.165) is 23.2 Å². The summed E-state index contributed by atoms with van der Waals surface area (Å²) in [5.74, 6) is -0.295. The van der Waals surface area contributed by atoms with Crippen molar-refractivity contribution in [2.24, 2.45) is 0 Å². The van der Waals surface area contributed by atoms with Gasteiger partial charge in [0.25, 0.3) is 5.91 Å². The molecule has 3 rings (SSSR count). The molecular weight excluding hydrogens is 474 g/mol. The third kappa shape index (κ3) is 7.09. The molecule has 1 aromatic heterocycles. The van der Waals surface area contributed by atoms with Crippen LogP contribution in [0, 0.1) is 0 Å². The van der Waals surface area contributed by atoms with Crippen LogP contribution in [0.5, 0.6) is 0 Å². The van der Waals surface area contributed by atoms with E-state index in [1.165, 1.54) is 0 Å². The number of halogens is 1. The van der Waals surface area contributed by atoms with Crippen LogP contribution >= 0.6 is 15.9 Å². The molecule has 0 spiro atoms. The molecule has 0 aliphatic rings. The quantitative estimate of drug-likeness (QED) is 0.391. The molecule has 0 aliphatic heterocycles. The van der Waals surface area contributed by atoms with Crippen LogP contribution in [0.25, 0.3) is 0 Å². The van der Waals surface area contributed by atoms with Crippen LogP contribution in [0.15, 0.2) is 69.8 Å². The molecule has 0 atom stereocenters. The zero-order valence-corrected chi connectivity index (χ0v) is 19.2. The highest BCUT2D eigenvalue weighted by Crippen LogP contribution is 2.17. The molecule has 0 saturated heterocycles.